The van der Waals surface area contributed by atoms with Gasteiger partial charge in [0.1, 0.15) is 0 Å². The molecule has 24 heavy (non-hydrogen) atoms. The minimum atomic E-state index is -0.447. The van der Waals surface area contributed by atoms with Crippen LogP contribution in [0.25, 0.3) is 0 Å². The normalized spacial score (nSPS) is 9.92. The summed E-state index contributed by atoms with van der Waals surface area (Å²) in [5, 5.41) is 17.1. The second kappa shape index (κ2) is 8.11. The SMILES string of the molecule is COc1ccc(CNC(=S)Nc2ccc([N+](=O)[O-])cc2)cc1OC. The molecule has 0 aromatic heterocycles. The van der Waals surface area contributed by atoms with Gasteiger partial charge in [-0.15, -0.1) is 0 Å². The van der Waals surface area contributed by atoms with E-state index in [2.05, 4.69) is 10.6 Å². The van der Waals surface area contributed by atoms with Crippen LogP contribution in [-0.2, 0) is 6.54 Å². The Morgan fingerprint density at radius 1 is 1.12 bits per heavy atom. The number of nitrogens with one attached hydrogen (secondary N) is 2. The zero-order valence-corrected chi connectivity index (χ0v) is 14.1. The average molecular weight is 347 g/mol. The first-order valence-electron chi connectivity index (χ1n) is 7.03. The van der Waals surface area contributed by atoms with Crippen LogP contribution in [0.1, 0.15) is 5.56 Å². The molecule has 0 heterocycles. The van der Waals surface area contributed by atoms with Gasteiger partial charge in [0.25, 0.3) is 5.69 Å². The molecule has 0 aliphatic heterocycles. The van der Waals surface area contributed by atoms with E-state index in [4.69, 9.17) is 21.7 Å². The highest BCUT2D eigenvalue weighted by Crippen LogP contribution is 2.27. The lowest BCUT2D eigenvalue weighted by Gasteiger charge is -2.12. The fraction of sp³-hybridized carbons (Fsp3) is 0.188. The molecule has 2 aromatic rings. The predicted molar refractivity (Wildman–Crippen MR) is 95.7 cm³/mol. The molecular formula is C16H17N3O4S. The van der Waals surface area contributed by atoms with Gasteiger partial charge in [-0.25, -0.2) is 0 Å². The van der Waals surface area contributed by atoms with Crippen LogP contribution >= 0.6 is 12.2 Å². The summed E-state index contributed by atoms with van der Waals surface area (Å²) in [6, 6.07) is 11.6. The Labute approximate surface area is 144 Å². The minimum Gasteiger partial charge on any atom is -0.493 e. The van der Waals surface area contributed by atoms with Crippen molar-refractivity contribution < 1.29 is 14.4 Å². The Bertz CT molecular complexity index is 735. The summed E-state index contributed by atoms with van der Waals surface area (Å²) >= 11 is 5.22. The summed E-state index contributed by atoms with van der Waals surface area (Å²) in [5.74, 6) is 1.30. The van der Waals surface area contributed by atoms with Crippen LogP contribution in [0.4, 0.5) is 11.4 Å². The lowest BCUT2D eigenvalue weighted by atomic mass is 10.2. The van der Waals surface area contributed by atoms with E-state index >= 15 is 0 Å². The lowest BCUT2D eigenvalue weighted by Crippen LogP contribution is -2.27. The summed E-state index contributed by atoms with van der Waals surface area (Å²) in [7, 11) is 3.16. The number of nitro benzene ring substituents is 1. The van der Waals surface area contributed by atoms with Crippen LogP contribution in [0, 0.1) is 10.1 Å². The van der Waals surface area contributed by atoms with E-state index in [1.807, 2.05) is 18.2 Å². The fourth-order valence-corrected chi connectivity index (χ4v) is 2.20. The maximum absolute atomic E-state index is 10.6. The number of hydrogen-bond donors (Lipinski definition) is 2. The van der Waals surface area contributed by atoms with Crippen LogP contribution in [-0.4, -0.2) is 24.3 Å². The molecule has 0 saturated heterocycles. The molecule has 0 aliphatic rings. The second-order valence-corrected chi connectivity index (χ2v) is 5.21. The van der Waals surface area contributed by atoms with Crippen LogP contribution in [0.5, 0.6) is 11.5 Å². The van der Waals surface area contributed by atoms with Crippen molar-refractivity contribution in [1.82, 2.24) is 5.32 Å². The van der Waals surface area contributed by atoms with E-state index in [0.717, 1.165) is 5.56 Å². The van der Waals surface area contributed by atoms with E-state index in [1.165, 1.54) is 12.1 Å². The zero-order valence-electron chi connectivity index (χ0n) is 13.2. The molecule has 0 unspecified atom stereocenters. The largest absolute Gasteiger partial charge is 0.493 e. The van der Waals surface area contributed by atoms with E-state index in [1.54, 1.807) is 26.4 Å². The highest BCUT2D eigenvalue weighted by Gasteiger charge is 2.06. The van der Waals surface area contributed by atoms with Crippen LogP contribution in [0.2, 0.25) is 0 Å². The molecule has 2 rings (SSSR count). The quantitative estimate of drug-likeness (QED) is 0.472. The van der Waals surface area contributed by atoms with Crippen molar-refractivity contribution in [2.45, 2.75) is 6.54 Å². The summed E-state index contributed by atoms with van der Waals surface area (Å²) in [4.78, 5) is 10.2. The number of nitro groups is 1. The molecule has 0 spiro atoms. The number of thiocarbonyl (C=S) groups is 1. The third kappa shape index (κ3) is 4.56. The number of ether oxygens (including phenoxy) is 2. The predicted octanol–water partition coefficient (Wildman–Crippen LogP) is 3.10. The standard InChI is InChI=1S/C16H17N3O4S/c1-22-14-8-3-11(9-15(14)23-2)10-17-16(24)18-12-4-6-13(7-5-12)19(20)21/h3-9H,10H2,1-2H3,(H2,17,18,24). The Morgan fingerprint density at radius 3 is 2.38 bits per heavy atom. The number of rotatable bonds is 6. The summed E-state index contributed by atoms with van der Waals surface area (Å²) in [6.07, 6.45) is 0. The molecule has 126 valence electrons. The van der Waals surface area contributed by atoms with Gasteiger partial charge in [-0.1, -0.05) is 6.07 Å². The summed E-state index contributed by atoms with van der Waals surface area (Å²) in [6.45, 7) is 0.499. The van der Waals surface area contributed by atoms with Gasteiger partial charge >= 0.3 is 0 Å². The van der Waals surface area contributed by atoms with Gasteiger partial charge < -0.3 is 20.1 Å². The van der Waals surface area contributed by atoms with E-state index in [-0.39, 0.29) is 5.69 Å². The smallest absolute Gasteiger partial charge is 0.269 e. The van der Waals surface area contributed by atoms with Gasteiger partial charge in [0.05, 0.1) is 19.1 Å². The number of nitrogens with zero attached hydrogens (tertiary/aromatic N) is 1. The second-order valence-electron chi connectivity index (χ2n) is 4.80. The van der Waals surface area contributed by atoms with Gasteiger partial charge in [-0.2, -0.15) is 0 Å². The number of methoxy groups -OCH3 is 2. The molecule has 2 aromatic carbocycles. The third-order valence-electron chi connectivity index (χ3n) is 3.24. The van der Waals surface area contributed by atoms with Gasteiger partial charge in [-0.3, -0.25) is 10.1 Å². The van der Waals surface area contributed by atoms with Crippen molar-refractivity contribution in [1.29, 1.82) is 0 Å². The zero-order chi connectivity index (χ0) is 17.5. The Kier molecular flexibility index (Phi) is 5.91. The van der Waals surface area contributed by atoms with Crippen molar-refractivity contribution in [3.05, 3.63) is 58.1 Å². The maximum Gasteiger partial charge on any atom is 0.269 e. The molecule has 0 saturated carbocycles. The number of benzene rings is 2. The first kappa shape index (κ1) is 17.5. The topological polar surface area (TPSA) is 85.7 Å². The van der Waals surface area contributed by atoms with Gasteiger partial charge in [-0.05, 0) is 42.0 Å². The van der Waals surface area contributed by atoms with Crippen molar-refractivity contribution in [3.8, 4) is 11.5 Å². The van der Waals surface area contributed by atoms with Crippen molar-refractivity contribution in [3.63, 3.8) is 0 Å². The monoisotopic (exact) mass is 347 g/mol. The highest BCUT2D eigenvalue weighted by atomic mass is 32.1. The molecule has 0 aliphatic carbocycles. The van der Waals surface area contributed by atoms with Gasteiger partial charge in [0.15, 0.2) is 16.6 Å². The first-order valence-corrected chi connectivity index (χ1v) is 7.44. The van der Waals surface area contributed by atoms with Crippen molar-refractivity contribution in [2.75, 3.05) is 19.5 Å². The van der Waals surface area contributed by atoms with Crippen LogP contribution < -0.4 is 20.1 Å². The van der Waals surface area contributed by atoms with Gasteiger partial charge in [0.2, 0.25) is 0 Å². The highest BCUT2D eigenvalue weighted by molar-refractivity contribution is 7.80. The lowest BCUT2D eigenvalue weighted by molar-refractivity contribution is -0.384. The number of anilines is 1. The number of non-ortho nitro benzene ring substituents is 1. The molecular weight excluding hydrogens is 330 g/mol. The molecule has 0 atom stereocenters. The Morgan fingerprint density at radius 2 is 1.79 bits per heavy atom. The fourth-order valence-electron chi connectivity index (χ4n) is 2.01. The van der Waals surface area contributed by atoms with Crippen LogP contribution in [0.3, 0.4) is 0 Å². The van der Waals surface area contributed by atoms with Crippen molar-refractivity contribution in [2.24, 2.45) is 0 Å². The van der Waals surface area contributed by atoms with E-state index in [0.29, 0.717) is 28.8 Å². The van der Waals surface area contributed by atoms with Crippen LogP contribution in [0.15, 0.2) is 42.5 Å². The number of hydrogen-bond acceptors (Lipinski definition) is 5. The van der Waals surface area contributed by atoms with E-state index < -0.39 is 4.92 Å². The third-order valence-corrected chi connectivity index (χ3v) is 3.48. The summed E-state index contributed by atoms with van der Waals surface area (Å²) in [5.41, 5.74) is 1.68. The molecule has 2 N–H and O–H groups in total. The molecule has 0 amide bonds. The Hall–Kier alpha value is -2.87. The first-order chi connectivity index (χ1) is 11.5. The molecule has 8 heteroatoms. The molecule has 0 radical (unpaired) electrons. The average Bonchev–Trinajstić information content (AvgIpc) is 2.60. The minimum absolute atomic E-state index is 0.0322. The molecule has 0 fully saturated rings. The molecule has 7 nitrogen and oxygen atoms in total. The molecule has 0 bridgehead atoms. The van der Waals surface area contributed by atoms with E-state index in [9.17, 15) is 10.1 Å². The maximum atomic E-state index is 10.6. The Balaban J connectivity index is 1.92. The summed E-state index contributed by atoms with van der Waals surface area (Å²) < 4.78 is 10.4. The van der Waals surface area contributed by atoms with Gasteiger partial charge in [0, 0.05) is 24.4 Å². The van der Waals surface area contributed by atoms with Crippen molar-refractivity contribution >= 4 is 28.7 Å².